The zero-order chi connectivity index (χ0) is 40.8. The number of ether oxygens (including phenoxy) is 1. The van der Waals surface area contributed by atoms with Crippen molar-refractivity contribution in [2.75, 3.05) is 38.5 Å². The van der Waals surface area contributed by atoms with Crippen molar-refractivity contribution in [3.8, 4) is 5.75 Å². The van der Waals surface area contributed by atoms with Crippen LogP contribution < -0.4 is 20.9 Å². The standard InChI is InChI=1S/C42H50N8O7S/c1-28-10-11-29(20-37(28)41(55)49(27-52)33(26-51)13-14-38(53)43-2)23-47-24-35(25-47)57-34-8-5-9-36(21-34)58(56)48-18-16-31(17-19-48)45-42-44-22-30-12-15-39(54)50(40(30)46-42)32-6-3-4-7-32/h5,8-12,15,20-22,26-27,31-33,35H,3-4,6-7,13-14,16-19,23-25H2,1-2H3,(H,43,53)(H,44,45,46). The second-order valence-electron chi connectivity index (χ2n) is 15.3. The van der Waals surface area contributed by atoms with Crippen LogP contribution in [0.3, 0.4) is 0 Å². The number of aromatic nitrogens is 3. The van der Waals surface area contributed by atoms with E-state index < -0.39 is 22.9 Å². The predicted octanol–water partition coefficient (Wildman–Crippen LogP) is 3.77. The number of carbonyl (C=O) groups is 4. The van der Waals surface area contributed by atoms with Gasteiger partial charge >= 0.3 is 0 Å². The highest BCUT2D eigenvalue weighted by molar-refractivity contribution is 7.82. The number of carbonyl (C=O) groups excluding carboxylic acids is 4. The van der Waals surface area contributed by atoms with Gasteiger partial charge in [0.05, 0.1) is 10.9 Å². The number of imide groups is 1. The van der Waals surface area contributed by atoms with Crippen LogP contribution >= 0.6 is 0 Å². The third-order valence-electron chi connectivity index (χ3n) is 11.4. The van der Waals surface area contributed by atoms with Crippen LogP contribution in [0.2, 0.25) is 0 Å². The first-order valence-corrected chi connectivity index (χ1v) is 21.1. The molecule has 3 aliphatic rings. The monoisotopic (exact) mass is 810 g/mol. The van der Waals surface area contributed by atoms with Gasteiger partial charge in [-0.05, 0) is 80.5 Å². The molecule has 1 aliphatic carbocycles. The van der Waals surface area contributed by atoms with Crippen molar-refractivity contribution in [2.24, 2.45) is 0 Å². The molecule has 2 unspecified atom stereocenters. The fraction of sp³-hybridized carbons (Fsp3) is 0.452. The van der Waals surface area contributed by atoms with Crippen LogP contribution in [0, 0.1) is 6.92 Å². The minimum Gasteiger partial charge on any atom is -0.488 e. The van der Waals surface area contributed by atoms with E-state index in [1.807, 2.05) is 45.3 Å². The van der Waals surface area contributed by atoms with Crippen LogP contribution in [0.15, 0.2) is 70.5 Å². The summed E-state index contributed by atoms with van der Waals surface area (Å²) in [5, 5.41) is 6.79. The molecule has 2 saturated heterocycles. The first-order valence-electron chi connectivity index (χ1n) is 20.0. The number of nitrogens with one attached hydrogen (secondary N) is 2. The SMILES string of the molecule is CNC(=O)CCC(C=O)N(C=O)C(=O)c1cc(CN2CC(Oc3cccc(S(=O)N4CCC(Nc5ncc6ccc(=O)n(C7CCCC7)c6n5)CC4)c3)C2)ccc1C. The van der Waals surface area contributed by atoms with Crippen molar-refractivity contribution in [1.82, 2.24) is 34.0 Å². The van der Waals surface area contributed by atoms with E-state index in [1.54, 1.807) is 31.3 Å². The maximum atomic E-state index is 13.7. The number of rotatable bonds is 16. The summed E-state index contributed by atoms with van der Waals surface area (Å²) in [6, 6.07) is 15.5. The average Bonchev–Trinajstić information content (AvgIpc) is 3.76. The van der Waals surface area contributed by atoms with E-state index in [0.29, 0.717) is 78.8 Å². The number of likely N-dealkylation sites (tertiary alicyclic amines) is 1. The van der Waals surface area contributed by atoms with Gasteiger partial charge in [0.2, 0.25) is 18.3 Å². The molecule has 58 heavy (non-hydrogen) atoms. The second-order valence-corrected chi connectivity index (χ2v) is 16.8. The van der Waals surface area contributed by atoms with Gasteiger partial charge < -0.3 is 20.2 Å². The molecule has 16 heteroatoms. The van der Waals surface area contributed by atoms with Crippen LogP contribution in [0.5, 0.6) is 5.75 Å². The number of benzene rings is 2. The molecule has 3 fully saturated rings. The Kier molecular flexibility index (Phi) is 13.0. The lowest BCUT2D eigenvalue weighted by Gasteiger charge is -2.39. The molecule has 4 heterocycles. The van der Waals surface area contributed by atoms with E-state index in [9.17, 15) is 28.2 Å². The molecule has 3 amide bonds. The highest BCUT2D eigenvalue weighted by Gasteiger charge is 2.31. The van der Waals surface area contributed by atoms with Crippen LogP contribution in [-0.2, 0) is 31.9 Å². The topological polar surface area (TPSA) is 176 Å². The van der Waals surface area contributed by atoms with Crippen molar-refractivity contribution in [2.45, 2.75) is 94.0 Å². The van der Waals surface area contributed by atoms with Gasteiger partial charge in [0.1, 0.15) is 34.8 Å². The molecule has 1 saturated carbocycles. The van der Waals surface area contributed by atoms with Crippen molar-refractivity contribution >= 4 is 52.5 Å². The van der Waals surface area contributed by atoms with Crippen molar-refractivity contribution < 1.29 is 28.1 Å². The second kappa shape index (κ2) is 18.5. The molecule has 2 aromatic heterocycles. The van der Waals surface area contributed by atoms with E-state index in [4.69, 9.17) is 9.72 Å². The average molecular weight is 811 g/mol. The van der Waals surface area contributed by atoms with Crippen LogP contribution in [0.25, 0.3) is 11.0 Å². The van der Waals surface area contributed by atoms with E-state index in [1.165, 1.54) is 7.05 Å². The summed E-state index contributed by atoms with van der Waals surface area (Å²) in [5.41, 5.74) is 2.51. The van der Waals surface area contributed by atoms with Gasteiger partial charge in [-0.3, -0.25) is 33.5 Å². The Morgan fingerprint density at radius 1 is 1.03 bits per heavy atom. The Hall–Kier alpha value is -5.32. The Morgan fingerprint density at radius 3 is 2.53 bits per heavy atom. The van der Waals surface area contributed by atoms with Crippen molar-refractivity contribution in [1.29, 1.82) is 0 Å². The Labute approximate surface area is 339 Å². The van der Waals surface area contributed by atoms with Gasteiger partial charge in [-0.2, -0.15) is 4.98 Å². The molecule has 0 radical (unpaired) electrons. The molecule has 7 rings (SSSR count). The highest BCUT2D eigenvalue weighted by Crippen LogP contribution is 2.31. The van der Waals surface area contributed by atoms with Gasteiger partial charge in [-0.15, -0.1) is 0 Å². The molecule has 2 N–H and O–H groups in total. The van der Waals surface area contributed by atoms with E-state index in [2.05, 4.69) is 20.5 Å². The number of hydrogen-bond acceptors (Lipinski definition) is 11. The quantitative estimate of drug-likeness (QED) is 0.158. The molecular formula is C42H50N8O7S. The number of pyridine rings is 1. The number of amides is 3. The summed E-state index contributed by atoms with van der Waals surface area (Å²) >= 11 is 0. The Balaban J connectivity index is 0.893. The minimum atomic E-state index is -1.36. The summed E-state index contributed by atoms with van der Waals surface area (Å²) in [5.74, 6) is 0.279. The number of nitrogens with zero attached hydrogens (tertiary/aromatic N) is 6. The summed E-state index contributed by atoms with van der Waals surface area (Å²) in [6.45, 7) is 4.88. The number of hydrogen-bond donors (Lipinski definition) is 2. The number of fused-ring (bicyclic) bond motifs is 1. The van der Waals surface area contributed by atoms with Gasteiger partial charge in [0, 0.05) is 81.5 Å². The normalized spacial score (nSPS) is 18.0. The van der Waals surface area contributed by atoms with Crippen molar-refractivity contribution in [3.05, 3.63) is 87.8 Å². The third-order valence-corrected chi connectivity index (χ3v) is 12.9. The molecule has 2 aliphatic heterocycles. The van der Waals surface area contributed by atoms with Gasteiger partial charge in [0.25, 0.3) is 11.5 Å². The third kappa shape index (κ3) is 9.35. The van der Waals surface area contributed by atoms with E-state index >= 15 is 0 Å². The molecule has 306 valence electrons. The maximum absolute atomic E-state index is 13.7. The summed E-state index contributed by atoms with van der Waals surface area (Å²) in [4.78, 5) is 74.7. The fourth-order valence-corrected chi connectivity index (χ4v) is 9.30. The summed E-state index contributed by atoms with van der Waals surface area (Å²) < 4.78 is 23.8. The smallest absolute Gasteiger partial charge is 0.261 e. The first kappa shape index (κ1) is 40.9. The summed E-state index contributed by atoms with van der Waals surface area (Å²) in [7, 11) is 0.118. The lowest BCUT2D eigenvalue weighted by atomic mass is 10.0. The first-order chi connectivity index (χ1) is 28.1. The maximum Gasteiger partial charge on any atom is 0.261 e. The lowest BCUT2D eigenvalue weighted by molar-refractivity contribution is -0.125. The molecule has 2 aromatic carbocycles. The molecule has 4 aromatic rings. The predicted molar refractivity (Wildman–Crippen MR) is 219 cm³/mol. The Bertz CT molecular complexity index is 2230. The zero-order valence-electron chi connectivity index (χ0n) is 32.9. The zero-order valence-corrected chi connectivity index (χ0v) is 33.7. The summed E-state index contributed by atoms with van der Waals surface area (Å²) in [6.07, 6.45) is 8.34. The molecule has 0 spiro atoms. The van der Waals surface area contributed by atoms with E-state index in [0.717, 1.165) is 54.4 Å². The van der Waals surface area contributed by atoms with Gasteiger partial charge in [0.15, 0.2) is 0 Å². The number of anilines is 1. The van der Waals surface area contributed by atoms with Crippen LogP contribution in [0.4, 0.5) is 5.95 Å². The number of aryl methyl sites for hydroxylation is 1. The Morgan fingerprint density at radius 2 is 1.81 bits per heavy atom. The van der Waals surface area contributed by atoms with Gasteiger partial charge in [-0.25, -0.2) is 13.5 Å². The molecule has 2 atom stereocenters. The molecule has 0 bridgehead atoms. The molecular weight excluding hydrogens is 761 g/mol. The van der Waals surface area contributed by atoms with E-state index in [-0.39, 0.29) is 42.5 Å². The van der Waals surface area contributed by atoms with Crippen molar-refractivity contribution in [3.63, 3.8) is 0 Å². The van der Waals surface area contributed by atoms with Gasteiger partial charge in [-0.1, -0.05) is 31.0 Å². The number of piperidine rings is 1. The minimum absolute atomic E-state index is 0.00555. The van der Waals surface area contributed by atoms with Crippen LogP contribution in [-0.4, -0.2) is 109 Å². The number of aldehydes is 1. The molecule has 15 nitrogen and oxygen atoms in total. The largest absolute Gasteiger partial charge is 0.488 e. The lowest BCUT2D eigenvalue weighted by Crippen LogP contribution is -2.53. The van der Waals surface area contributed by atoms with Crippen LogP contribution in [0.1, 0.15) is 78.9 Å². The fourth-order valence-electron chi connectivity index (χ4n) is 8.04. The highest BCUT2D eigenvalue weighted by atomic mass is 32.2.